The summed E-state index contributed by atoms with van der Waals surface area (Å²) in [5.41, 5.74) is 7.89. The lowest BCUT2D eigenvalue weighted by Gasteiger charge is -2.44. The van der Waals surface area contributed by atoms with Crippen LogP contribution in [0.2, 0.25) is 0 Å². The van der Waals surface area contributed by atoms with E-state index in [0.717, 1.165) is 57.6 Å². The van der Waals surface area contributed by atoms with E-state index >= 15 is 0 Å². The Morgan fingerprint density at radius 3 is 2.87 bits per heavy atom. The second kappa shape index (κ2) is 8.22. The van der Waals surface area contributed by atoms with Crippen molar-refractivity contribution < 1.29 is 13.9 Å². The van der Waals surface area contributed by atoms with Crippen LogP contribution in [0.5, 0.6) is 0 Å². The van der Waals surface area contributed by atoms with Gasteiger partial charge in [-0.05, 0) is 37.0 Å². The first-order chi connectivity index (χ1) is 15.0. The molecule has 1 saturated heterocycles. The van der Waals surface area contributed by atoms with Crippen molar-refractivity contribution in [2.75, 3.05) is 19.7 Å². The van der Waals surface area contributed by atoms with Gasteiger partial charge < -0.3 is 14.9 Å². The van der Waals surface area contributed by atoms with Gasteiger partial charge in [0.25, 0.3) is 5.91 Å². The van der Waals surface area contributed by atoms with Crippen molar-refractivity contribution in [2.24, 2.45) is 5.73 Å². The standard InChI is InChI=1S/C22H27N5O3S/c1-2-18-10-19-20(31-18)3-8-30-22(19)4-6-26(7-5-22)11-16-12-27(25-24-16)13-17-9-15(14-29-17)21(23)28/h9-10,12,14H,2-8,11,13H2,1H3,(H2,23,28). The number of nitrogens with two attached hydrogens (primary N) is 1. The first-order valence-electron chi connectivity index (χ1n) is 10.8. The van der Waals surface area contributed by atoms with E-state index in [1.54, 1.807) is 10.7 Å². The van der Waals surface area contributed by atoms with Crippen LogP contribution in [0.3, 0.4) is 0 Å². The van der Waals surface area contributed by atoms with E-state index < -0.39 is 5.91 Å². The largest absolute Gasteiger partial charge is 0.467 e. The Hall–Kier alpha value is -2.49. The number of rotatable bonds is 6. The lowest BCUT2D eigenvalue weighted by Crippen LogP contribution is -2.45. The van der Waals surface area contributed by atoms with Crippen molar-refractivity contribution in [1.29, 1.82) is 0 Å². The molecule has 0 aliphatic carbocycles. The summed E-state index contributed by atoms with van der Waals surface area (Å²) < 4.78 is 13.5. The molecule has 2 N–H and O–H groups in total. The van der Waals surface area contributed by atoms with Gasteiger partial charge in [0.2, 0.25) is 0 Å². The van der Waals surface area contributed by atoms with Crippen LogP contribution in [0.1, 0.15) is 56.9 Å². The van der Waals surface area contributed by atoms with Crippen LogP contribution >= 0.6 is 11.3 Å². The molecule has 2 aliphatic rings. The molecule has 8 nitrogen and oxygen atoms in total. The number of piperidine rings is 1. The lowest BCUT2D eigenvalue weighted by atomic mass is 9.82. The van der Waals surface area contributed by atoms with Gasteiger partial charge in [0.1, 0.15) is 18.6 Å². The van der Waals surface area contributed by atoms with Crippen LogP contribution in [0.15, 0.2) is 29.0 Å². The van der Waals surface area contributed by atoms with Crippen LogP contribution in [0, 0.1) is 0 Å². The zero-order valence-corrected chi connectivity index (χ0v) is 18.5. The molecule has 1 amide bonds. The highest BCUT2D eigenvalue weighted by Gasteiger charge is 2.41. The Bertz CT molecular complexity index is 1080. The van der Waals surface area contributed by atoms with Gasteiger partial charge in [-0.2, -0.15) is 0 Å². The number of thiophene rings is 1. The number of primary amides is 1. The highest BCUT2D eigenvalue weighted by molar-refractivity contribution is 7.12. The summed E-state index contributed by atoms with van der Waals surface area (Å²) in [6, 6.07) is 4.03. The number of carbonyl (C=O) groups excluding carboxylic acids is 1. The maximum Gasteiger partial charge on any atom is 0.251 e. The Kier molecular flexibility index (Phi) is 5.41. The molecular weight excluding hydrogens is 414 g/mol. The molecule has 5 rings (SSSR count). The zero-order valence-electron chi connectivity index (χ0n) is 17.7. The number of amides is 1. The molecule has 0 bridgehead atoms. The summed E-state index contributed by atoms with van der Waals surface area (Å²) in [6.45, 7) is 6.18. The van der Waals surface area contributed by atoms with Gasteiger partial charge >= 0.3 is 0 Å². The number of aryl methyl sites for hydroxylation is 1. The van der Waals surface area contributed by atoms with Crippen LogP contribution in [-0.4, -0.2) is 45.5 Å². The average molecular weight is 442 g/mol. The number of carbonyl (C=O) groups is 1. The summed E-state index contributed by atoms with van der Waals surface area (Å²) >= 11 is 1.96. The molecular formula is C22H27N5O3S. The summed E-state index contributed by atoms with van der Waals surface area (Å²) in [5.74, 6) is 0.122. The van der Waals surface area contributed by atoms with E-state index in [1.807, 2.05) is 17.5 Å². The fourth-order valence-electron chi connectivity index (χ4n) is 4.60. The summed E-state index contributed by atoms with van der Waals surface area (Å²) in [5, 5.41) is 8.51. The topological polar surface area (TPSA) is 99.4 Å². The Morgan fingerprint density at radius 1 is 1.29 bits per heavy atom. The quantitative estimate of drug-likeness (QED) is 0.631. The van der Waals surface area contributed by atoms with Gasteiger partial charge in [0.15, 0.2) is 0 Å². The third-order valence-corrected chi connectivity index (χ3v) is 7.64. The second-order valence-electron chi connectivity index (χ2n) is 8.35. The van der Waals surface area contributed by atoms with E-state index in [1.165, 1.54) is 21.6 Å². The molecule has 3 aromatic rings. The van der Waals surface area contributed by atoms with Crippen molar-refractivity contribution in [3.8, 4) is 0 Å². The molecule has 1 spiro atoms. The summed E-state index contributed by atoms with van der Waals surface area (Å²) in [6.07, 6.45) is 7.46. The average Bonchev–Trinajstić information content (AvgIpc) is 3.50. The van der Waals surface area contributed by atoms with Gasteiger partial charge in [-0.1, -0.05) is 12.1 Å². The van der Waals surface area contributed by atoms with Crippen LogP contribution in [0.25, 0.3) is 0 Å². The van der Waals surface area contributed by atoms with Crippen molar-refractivity contribution in [1.82, 2.24) is 19.9 Å². The first-order valence-corrected chi connectivity index (χ1v) is 11.6. The zero-order chi connectivity index (χ0) is 21.4. The minimum atomic E-state index is -0.500. The predicted molar refractivity (Wildman–Crippen MR) is 116 cm³/mol. The van der Waals surface area contributed by atoms with Gasteiger partial charge in [-0.15, -0.1) is 16.4 Å². The normalized spacial score (nSPS) is 18.4. The second-order valence-corrected chi connectivity index (χ2v) is 9.57. The van der Waals surface area contributed by atoms with Gasteiger partial charge in [0.05, 0.1) is 29.7 Å². The van der Waals surface area contributed by atoms with E-state index in [9.17, 15) is 4.79 Å². The predicted octanol–water partition coefficient (Wildman–Crippen LogP) is 2.71. The maximum atomic E-state index is 11.2. The first kappa shape index (κ1) is 20.4. The van der Waals surface area contributed by atoms with Crippen molar-refractivity contribution in [3.05, 3.63) is 56.9 Å². The van der Waals surface area contributed by atoms with E-state index in [0.29, 0.717) is 17.9 Å². The Balaban J connectivity index is 1.20. The van der Waals surface area contributed by atoms with Crippen LogP contribution < -0.4 is 5.73 Å². The molecule has 0 atom stereocenters. The molecule has 31 heavy (non-hydrogen) atoms. The molecule has 5 heterocycles. The van der Waals surface area contributed by atoms with Crippen LogP contribution in [0.4, 0.5) is 0 Å². The van der Waals surface area contributed by atoms with Crippen molar-refractivity contribution in [3.63, 3.8) is 0 Å². The van der Waals surface area contributed by atoms with E-state index in [4.69, 9.17) is 14.9 Å². The molecule has 9 heteroatoms. The number of furan rings is 1. The number of hydrogen-bond donors (Lipinski definition) is 1. The fourth-order valence-corrected chi connectivity index (χ4v) is 5.78. The maximum absolute atomic E-state index is 11.2. The number of aromatic nitrogens is 3. The van der Waals surface area contributed by atoms with Crippen LogP contribution in [-0.2, 0) is 36.3 Å². The molecule has 164 valence electrons. The van der Waals surface area contributed by atoms with E-state index in [-0.39, 0.29) is 5.60 Å². The highest BCUT2D eigenvalue weighted by atomic mass is 32.1. The number of likely N-dealkylation sites (tertiary alicyclic amines) is 1. The van der Waals surface area contributed by atoms with Crippen molar-refractivity contribution >= 4 is 17.2 Å². The molecule has 0 saturated carbocycles. The minimum absolute atomic E-state index is 0.108. The molecule has 0 radical (unpaired) electrons. The molecule has 3 aromatic heterocycles. The molecule has 1 fully saturated rings. The number of ether oxygens (including phenoxy) is 1. The molecule has 2 aliphatic heterocycles. The van der Waals surface area contributed by atoms with Gasteiger partial charge in [0, 0.05) is 35.8 Å². The smallest absolute Gasteiger partial charge is 0.251 e. The lowest BCUT2D eigenvalue weighted by molar-refractivity contribution is -0.0982. The number of nitrogens with zero attached hydrogens (tertiary/aromatic N) is 4. The highest BCUT2D eigenvalue weighted by Crippen LogP contribution is 2.44. The number of fused-ring (bicyclic) bond motifs is 2. The fraction of sp³-hybridized carbons (Fsp3) is 0.500. The van der Waals surface area contributed by atoms with Gasteiger partial charge in [-0.3, -0.25) is 9.69 Å². The Morgan fingerprint density at radius 2 is 2.13 bits per heavy atom. The summed E-state index contributed by atoms with van der Waals surface area (Å²) in [4.78, 5) is 16.6. The molecule has 0 unspecified atom stereocenters. The van der Waals surface area contributed by atoms with E-state index in [2.05, 4.69) is 28.2 Å². The Labute approximate surface area is 185 Å². The monoisotopic (exact) mass is 441 g/mol. The van der Waals surface area contributed by atoms with Gasteiger partial charge in [-0.25, -0.2) is 4.68 Å². The third kappa shape index (κ3) is 4.05. The third-order valence-electron chi connectivity index (χ3n) is 6.30. The minimum Gasteiger partial charge on any atom is -0.467 e. The molecule has 0 aromatic carbocycles. The number of hydrogen-bond acceptors (Lipinski definition) is 7. The summed E-state index contributed by atoms with van der Waals surface area (Å²) in [7, 11) is 0. The van der Waals surface area contributed by atoms with Crippen molar-refractivity contribution in [2.45, 2.75) is 51.3 Å². The SMILES string of the molecule is CCc1cc2c(s1)CCOC21CCN(Cc2cn(Cc3cc(C(N)=O)co3)nn2)CC1.